The fourth-order valence-electron chi connectivity index (χ4n) is 2.51. The molecule has 0 heterocycles. The van der Waals surface area contributed by atoms with Crippen molar-refractivity contribution in [2.75, 3.05) is 24.4 Å². The number of amides is 2. The third kappa shape index (κ3) is 5.33. The lowest BCUT2D eigenvalue weighted by Crippen LogP contribution is -2.50. The number of rotatable bonds is 6. The van der Waals surface area contributed by atoms with Gasteiger partial charge in [0.25, 0.3) is 5.60 Å². The van der Waals surface area contributed by atoms with Gasteiger partial charge in [-0.15, -0.1) is 0 Å². The maximum Gasteiger partial charge on any atom is 0.432 e. The van der Waals surface area contributed by atoms with E-state index in [9.17, 15) is 27.9 Å². The monoisotopic (exact) mass is 480 g/mol. The van der Waals surface area contributed by atoms with Crippen LogP contribution in [0.5, 0.6) is 5.75 Å². The number of carbonyl (C=O) groups is 2. The number of esters is 1. The van der Waals surface area contributed by atoms with Crippen LogP contribution in [0.25, 0.3) is 0 Å². The molecule has 0 unspecified atom stereocenters. The van der Waals surface area contributed by atoms with Gasteiger partial charge >= 0.3 is 18.2 Å². The van der Waals surface area contributed by atoms with E-state index in [1.165, 1.54) is 25.1 Å². The molecule has 0 radical (unpaired) electrons. The number of methoxy groups -OCH3 is 1. The van der Waals surface area contributed by atoms with E-state index in [-0.39, 0.29) is 28.1 Å². The fraction of sp³-hybridized carbons (Fsp3) is 0.263. The fourth-order valence-corrected chi connectivity index (χ4v) is 2.81. The summed E-state index contributed by atoms with van der Waals surface area (Å²) in [6.45, 7) is 0.928. The Kier molecular flexibility index (Phi) is 7.63. The summed E-state index contributed by atoms with van der Waals surface area (Å²) in [5.74, 6) is -2.13. The van der Waals surface area contributed by atoms with Gasteiger partial charge in [0, 0.05) is 11.3 Å². The Morgan fingerprint density at radius 1 is 1.06 bits per heavy atom. The van der Waals surface area contributed by atoms with Gasteiger partial charge in [-0.2, -0.15) is 13.2 Å². The third-order valence-corrected chi connectivity index (χ3v) is 4.77. The van der Waals surface area contributed by atoms with E-state index < -0.39 is 29.3 Å². The molecule has 0 aliphatic heterocycles. The van der Waals surface area contributed by atoms with E-state index in [1.807, 2.05) is 0 Å². The summed E-state index contributed by atoms with van der Waals surface area (Å²) in [6.07, 6.45) is -5.37. The molecule has 2 aromatic rings. The van der Waals surface area contributed by atoms with Crippen molar-refractivity contribution in [1.29, 1.82) is 0 Å². The summed E-state index contributed by atoms with van der Waals surface area (Å²) in [7, 11) is 1.14. The number of hydrogen-bond donors (Lipinski definition) is 3. The van der Waals surface area contributed by atoms with Gasteiger partial charge in [-0.3, -0.25) is 0 Å². The van der Waals surface area contributed by atoms with Crippen molar-refractivity contribution < 1.29 is 37.3 Å². The first kappa shape index (κ1) is 24.6. The van der Waals surface area contributed by atoms with Crippen molar-refractivity contribution in [2.45, 2.75) is 18.7 Å². The lowest BCUT2D eigenvalue weighted by Gasteiger charge is -2.29. The number of aliphatic hydroxyl groups is 1. The maximum absolute atomic E-state index is 13.5. The van der Waals surface area contributed by atoms with Crippen LogP contribution in [0.1, 0.15) is 12.5 Å². The van der Waals surface area contributed by atoms with Gasteiger partial charge in [-0.1, -0.05) is 29.3 Å². The van der Waals surface area contributed by atoms with Crippen molar-refractivity contribution in [3.8, 4) is 5.75 Å². The SMILES string of the molecule is CCOC(=O)[C@@](O)(c1ccc(NC(=O)Nc2ccc(Cl)c(Cl)c2)c(OC)c1)C(F)(F)F. The molecule has 0 fully saturated rings. The lowest BCUT2D eigenvalue weighted by atomic mass is 9.92. The highest BCUT2D eigenvalue weighted by Gasteiger charge is 2.62. The molecular weight excluding hydrogens is 464 g/mol. The molecule has 3 N–H and O–H groups in total. The van der Waals surface area contributed by atoms with Gasteiger partial charge in [0.1, 0.15) is 5.75 Å². The minimum Gasteiger partial charge on any atom is -0.495 e. The Morgan fingerprint density at radius 3 is 2.29 bits per heavy atom. The van der Waals surface area contributed by atoms with Gasteiger partial charge in [0.2, 0.25) is 0 Å². The Hall–Kier alpha value is -2.69. The largest absolute Gasteiger partial charge is 0.495 e. The Balaban J connectivity index is 2.32. The van der Waals surface area contributed by atoms with Crippen LogP contribution in [0.3, 0.4) is 0 Å². The van der Waals surface area contributed by atoms with Crippen molar-refractivity contribution in [2.24, 2.45) is 0 Å². The molecule has 1 atom stereocenters. The zero-order valence-electron chi connectivity index (χ0n) is 16.1. The number of ether oxygens (including phenoxy) is 2. The van der Waals surface area contributed by atoms with Crippen LogP contribution >= 0.6 is 23.2 Å². The zero-order chi connectivity index (χ0) is 23.4. The molecule has 0 bridgehead atoms. The lowest BCUT2D eigenvalue weighted by molar-refractivity contribution is -0.267. The average molecular weight is 481 g/mol. The Bertz CT molecular complexity index is 988. The first-order valence-corrected chi connectivity index (χ1v) is 9.37. The van der Waals surface area contributed by atoms with Crippen molar-refractivity contribution in [3.63, 3.8) is 0 Å². The number of carbonyl (C=O) groups excluding carboxylic acids is 2. The maximum atomic E-state index is 13.5. The number of benzene rings is 2. The van der Waals surface area contributed by atoms with E-state index in [0.29, 0.717) is 5.69 Å². The summed E-state index contributed by atoms with van der Waals surface area (Å²) >= 11 is 11.7. The standard InChI is InChI=1S/C19H17Cl2F3N2O5/c1-3-31-16(27)18(29,19(22,23)24)10-4-7-14(15(8-10)30-2)26-17(28)25-11-5-6-12(20)13(21)9-11/h4-9,29H,3H2,1-2H3,(H2,25,26,28)/t18-/m0/s1. The van der Waals surface area contributed by atoms with Gasteiger partial charge in [0.05, 0.1) is 29.4 Å². The molecule has 12 heteroatoms. The third-order valence-electron chi connectivity index (χ3n) is 4.03. The van der Waals surface area contributed by atoms with Crippen LogP contribution in [0.2, 0.25) is 10.0 Å². The number of hydrogen-bond acceptors (Lipinski definition) is 5. The molecule has 0 aromatic heterocycles. The van der Waals surface area contributed by atoms with Crippen LogP contribution < -0.4 is 15.4 Å². The highest BCUT2D eigenvalue weighted by molar-refractivity contribution is 6.42. The second kappa shape index (κ2) is 9.63. The highest BCUT2D eigenvalue weighted by Crippen LogP contribution is 2.42. The van der Waals surface area contributed by atoms with E-state index >= 15 is 0 Å². The molecule has 0 saturated heterocycles. The Labute approximate surface area is 185 Å². The topological polar surface area (TPSA) is 96.9 Å². The molecule has 7 nitrogen and oxygen atoms in total. The molecule has 168 valence electrons. The number of alkyl halides is 3. The van der Waals surface area contributed by atoms with Gasteiger partial charge in [-0.05, 0) is 37.3 Å². The van der Waals surface area contributed by atoms with E-state index in [1.54, 1.807) is 0 Å². The molecule has 0 spiro atoms. The van der Waals surface area contributed by atoms with Crippen molar-refractivity contribution in [3.05, 3.63) is 52.0 Å². The predicted octanol–water partition coefficient (Wildman–Crippen LogP) is 4.96. The van der Waals surface area contributed by atoms with Gasteiger partial charge in [0.15, 0.2) is 0 Å². The van der Waals surface area contributed by atoms with Crippen LogP contribution in [0.4, 0.5) is 29.3 Å². The van der Waals surface area contributed by atoms with Crippen molar-refractivity contribution in [1.82, 2.24) is 0 Å². The second-order valence-corrected chi connectivity index (χ2v) is 6.87. The van der Waals surface area contributed by atoms with Crippen LogP contribution in [-0.2, 0) is 15.1 Å². The van der Waals surface area contributed by atoms with Crippen LogP contribution in [0, 0.1) is 0 Å². The number of urea groups is 1. The van der Waals surface area contributed by atoms with Crippen LogP contribution in [0.15, 0.2) is 36.4 Å². The normalized spacial score (nSPS) is 13.2. The van der Waals surface area contributed by atoms with E-state index in [0.717, 1.165) is 25.3 Å². The number of halogens is 5. The summed E-state index contributed by atoms with van der Waals surface area (Å²) in [6, 6.07) is 6.21. The molecule has 2 amide bonds. The summed E-state index contributed by atoms with van der Waals surface area (Å²) in [5, 5.41) is 15.5. The molecule has 0 aliphatic carbocycles. The predicted molar refractivity (Wildman–Crippen MR) is 109 cm³/mol. The quantitative estimate of drug-likeness (QED) is 0.507. The first-order valence-electron chi connectivity index (χ1n) is 8.62. The van der Waals surface area contributed by atoms with E-state index in [2.05, 4.69) is 15.4 Å². The van der Waals surface area contributed by atoms with Gasteiger partial charge < -0.3 is 25.2 Å². The van der Waals surface area contributed by atoms with Crippen LogP contribution in [-0.4, -0.2) is 37.0 Å². The average Bonchev–Trinajstić information content (AvgIpc) is 2.69. The molecule has 2 aromatic carbocycles. The minimum atomic E-state index is -5.37. The first-order chi connectivity index (χ1) is 14.4. The molecular formula is C19H17Cl2F3N2O5. The van der Waals surface area contributed by atoms with E-state index in [4.69, 9.17) is 27.9 Å². The van der Waals surface area contributed by atoms with Crippen molar-refractivity contribution >= 4 is 46.6 Å². The second-order valence-electron chi connectivity index (χ2n) is 6.05. The molecule has 2 rings (SSSR count). The molecule has 31 heavy (non-hydrogen) atoms. The minimum absolute atomic E-state index is 0.0304. The summed E-state index contributed by atoms with van der Waals surface area (Å²) in [4.78, 5) is 24.1. The molecule has 0 saturated carbocycles. The van der Waals surface area contributed by atoms with Gasteiger partial charge in [-0.25, -0.2) is 9.59 Å². The molecule has 0 aliphatic rings. The highest BCUT2D eigenvalue weighted by atomic mass is 35.5. The zero-order valence-corrected chi connectivity index (χ0v) is 17.7. The summed E-state index contributed by atoms with van der Waals surface area (Å²) in [5.41, 5.74) is -4.49. The smallest absolute Gasteiger partial charge is 0.432 e. The number of anilines is 2. The number of nitrogens with one attached hydrogen (secondary N) is 2. The Morgan fingerprint density at radius 2 is 1.74 bits per heavy atom. The summed E-state index contributed by atoms with van der Waals surface area (Å²) < 4.78 is 50.0.